The number of halogens is 2. The van der Waals surface area contributed by atoms with Gasteiger partial charge in [0.05, 0.1) is 18.3 Å². The first-order valence-electron chi connectivity index (χ1n) is 10.4. The molecule has 5 rings (SSSR count). The van der Waals surface area contributed by atoms with Crippen molar-refractivity contribution >= 4 is 28.8 Å². The fraction of sp³-hybridized carbons (Fsp3) is 0.429. The quantitative estimate of drug-likeness (QED) is 0.483. The van der Waals surface area contributed by atoms with Gasteiger partial charge in [-0.05, 0) is 49.1 Å². The number of nitrogens with zero attached hydrogens (tertiary/aromatic N) is 4. The smallest absolute Gasteiger partial charge is 0.387 e. The number of benzene rings is 1. The second-order valence-corrected chi connectivity index (χ2v) is 8.63. The van der Waals surface area contributed by atoms with E-state index in [0.29, 0.717) is 33.7 Å². The Kier molecular flexibility index (Phi) is 4.83. The Balaban J connectivity index is 1.43. The van der Waals surface area contributed by atoms with Crippen molar-refractivity contribution in [1.82, 2.24) is 19.7 Å². The Hall–Kier alpha value is -3.50. The van der Waals surface area contributed by atoms with Crippen molar-refractivity contribution in [2.24, 2.45) is 11.3 Å². The van der Waals surface area contributed by atoms with E-state index in [9.17, 15) is 13.6 Å². The highest BCUT2D eigenvalue weighted by molar-refractivity contribution is 5.88. The molecule has 2 aliphatic rings. The number of fused-ring (bicyclic) bond motifs is 1. The third-order valence-electron chi connectivity index (χ3n) is 6.31. The molecule has 11 heteroatoms. The maximum absolute atomic E-state index is 12.9. The summed E-state index contributed by atoms with van der Waals surface area (Å²) in [7, 11) is 0. The number of alkyl halides is 2. The molecule has 0 atom stereocenters. The first-order valence-corrected chi connectivity index (χ1v) is 10.4. The van der Waals surface area contributed by atoms with Crippen molar-refractivity contribution in [2.75, 3.05) is 17.6 Å². The van der Waals surface area contributed by atoms with Gasteiger partial charge >= 0.3 is 12.6 Å². The van der Waals surface area contributed by atoms with Crippen molar-refractivity contribution in [2.45, 2.75) is 38.8 Å². The number of anilines is 2. The highest BCUT2D eigenvalue weighted by Gasteiger charge is 2.52. The molecule has 0 amide bonds. The number of ether oxygens (including phenoxy) is 1. The number of rotatable bonds is 8. The van der Waals surface area contributed by atoms with Gasteiger partial charge in [-0.25, -0.2) is 9.78 Å². The van der Waals surface area contributed by atoms with Crippen molar-refractivity contribution < 1.29 is 23.4 Å². The van der Waals surface area contributed by atoms with Gasteiger partial charge in [0.25, 0.3) is 0 Å². The van der Waals surface area contributed by atoms with Crippen LogP contribution in [-0.2, 0) is 6.54 Å². The highest BCUT2D eigenvalue weighted by atomic mass is 19.3. The van der Waals surface area contributed by atoms with Crippen LogP contribution < -0.4 is 15.8 Å². The minimum Gasteiger partial charge on any atom is -0.478 e. The molecular formula is C21H22F2N6O3. The predicted molar refractivity (Wildman–Crippen MR) is 112 cm³/mol. The number of nitrogens with one attached hydrogen (secondary N) is 1. The van der Waals surface area contributed by atoms with Crippen LogP contribution >= 0.6 is 0 Å². The van der Waals surface area contributed by atoms with Crippen molar-refractivity contribution in [1.29, 1.82) is 0 Å². The lowest BCUT2D eigenvalue weighted by Crippen LogP contribution is -2.31. The minimum absolute atomic E-state index is 0.0555. The zero-order chi connectivity index (χ0) is 22.5. The Labute approximate surface area is 181 Å². The predicted octanol–water partition coefficient (Wildman–Crippen LogP) is 3.36. The molecule has 32 heavy (non-hydrogen) atoms. The van der Waals surface area contributed by atoms with Crippen LogP contribution in [0.3, 0.4) is 0 Å². The molecule has 168 valence electrons. The van der Waals surface area contributed by atoms with Gasteiger partial charge in [-0.15, -0.1) is 0 Å². The number of hydrogen-bond acceptors (Lipinski definition) is 7. The molecule has 2 aromatic heterocycles. The zero-order valence-corrected chi connectivity index (χ0v) is 17.1. The Morgan fingerprint density at radius 3 is 2.81 bits per heavy atom. The molecular weight excluding hydrogens is 422 g/mol. The molecule has 2 aliphatic carbocycles. The Morgan fingerprint density at radius 1 is 1.34 bits per heavy atom. The summed E-state index contributed by atoms with van der Waals surface area (Å²) in [6.45, 7) is -2.28. The average Bonchev–Trinajstić information content (AvgIpc) is 3.41. The van der Waals surface area contributed by atoms with E-state index in [-0.39, 0.29) is 23.8 Å². The van der Waals surface area contributed by atoms with Crippen molar-refractivity contribution in [3.63, 3.8) is 0 Å². The van der Waals surface area contributed by atoms with Gasteiger partial charge in [-0.2, -0.15) is 18.9 Å². The van der Waals surface area contributed by atoms with Crippen LogP contribution in [0.1, 0.15) is 41.6 Å². The summed E-state index contributed by atoms with van der Waals surface area (Å²) in [6, 6.07) is 3.84. The summed E-state index contributed by atoms with van der Waals surface area (Å²) in [5, 5.41) is 16.8. The first kappa shape index (κ1) is 20.4. The topological polar surface area (TPSA) is 128 Å². The summed E-state index contributed by atoms with van der Waals surface area (Å²) in [5.41, 5.74) is 7.75. The third-order valence-corrected chi connectivity index (χ3v) is 6.31. The summed E-state index contributed by atoms with van der Waals surface area (Å²) in [6.07, 6.45) is 6.61. The lowest BCUT2D eigenvalue weighted by atomic mass is 9.72. The molecule has 0 bridgehead atoms. The number of aromatic nitrogens is 4. The molecule has 0 aliphatic heterocycles. The normalized spacial score (nSPS) is 17.0. The van der Waals surface area contributed by atoms with Crippen LogP contribution in [0.2, 0.25) is 0 Å². The van der Waals surface area contributed by atoms with Crippen LogP contribution in [0.5, 0.6) is 5.75 Å². The Bertz CT molecular complexity index is 1190. The average molecular weight is 444 g/mol. The maximum Gasteiger partial charge on any atom is 0.387 e. The summed E-state index contributed by atoms with van der Waals surface area (Å²) in [4.78, 5) is 19.8. The lowest BCUT2D eigenvalue weighted by molar-refractivity contribution is -0.0505. The van der Waals surface area contributed by atoms with Crippen molar-refractivity contribution in [3.05, 3.63) is 35.5 Å². The SMILES string of the molecule is Nc1nc(NCC2CC3(CC3)C2)c2c(cnn2Cc2ccc(C(=O)O)cc2OC(F)F)n1. The van der Waals surface area contributed by atoms with E-state index in [4.69, 9.17) is 10.8 Å². The third kappa shape index (κ3) is 3.90. The molecule has 2 saturated carbocycles. The van der Waals surface area contributed by atoms with Gasteiger partial charge in [-0.3, -0.25) is 4.68 Å². The van der Waals surface area contributed by atoms with Crippen LogP contribution in [0, 0.1) is 11.3 Å². The molecule has 4 N–H and O–H groups in total. The van der Waals surface area contributed by atoms with E-state index >= 15 is 0 Å². The second kappa shape index (κ2) is 7.57. The maximum atomic E-state index is 12.9. The van der Waals surface area contributed by atoms with E-state index in [1.807, 2.05) is 0 Å². The number of carboxylic acid groups (broad SMARTS) is 1. The fourth-order valence-corrected chi connectivity index (χ4v) is 4.58. The van der Waals surface area contributed by atoms with Crippen LogP contribution in [-0.4, -0.2) is 44.0 Å². The molecule has 0 saturated heterocycles. The first-order chi connectivity index (χ1) is 15.3. The molecule has 0 unspecified atom stereocenters. The molecule has 9 nitrogen and oxygen atoms in total. The second-order valence-electron chi connectivity index (χ2n) is 8.63. The largest absolute Gasteiger partial charge is 0.478 e. The number of carbonyl (C=O) groups is 1. The number of nitrogen functional groups attached to an aromatic ring is 1. The Morgan fingerprint density at radius 2 is 2.12 bits per heavy atom. The molecule has 1 spiro atoms. The van der Waals surface area contributed by atoms with Crippen LogP contribution in [0.4, 0.5) is 20.5 Å². The minimum atomic E-state index is -3.09. The van der Waals surface area contributed by atoms with Crippen molar-refractivity contribution in [3.8, 4) is 5.75 Å². The van der Waals surface area contributed by atoms with Gasteiger partial charge in [0, 0.05) is 12.1 Å². The van der Waals surface area contributed by atoms with Crippen LogP contribution in [0.25, 0.3) is 11.0 Å². The van der Waals surface area contributed by atoms with Gasteiger partial charge in [0.1, 0.15) is 16.8 Å². The zero-order valence-electron chi connectivity index (χ0n) is 17.1. The number of carboxylic acids is 1. The van der Waals surface area contributed by atoms with E-state index < -0.39 is 12.6 Å². The monoisotopic (exact) mass is 444 g/mol. The highest BCUT2D eigenvalue weighted by Crippen LogP contribution is 2.63. The summed E-state index contributed by atoms with van der Waals surface area (Å²) >= 11 is 0. The van der Waals surface area contributed by atoms with Gasteiger partial charge in [0.15, 0.2) is 5.82 Å². The van der Waals surface area contributed by atoms with Gasteiger partial charge in [0.2, 0.25) is 5.95 Å². The standard InChI is InChI=1S/C21H22F2N6O3/c22-19(23)32-15-5-12(18(30)31)1-2-13(15)10-29-16-14(9-26-29)27-20(24)28-17(16)25-8-11-6-21(7-11)3-4-21/h1-2,5,9,11,19H,3-4,6-8,10H2,(H,30,31)(H3,24,25,27,28). The number of aromatic carboxylic acids is 1. The number of hydrogen-bond donors (Lipinski definition) is 3. The van der Waals surface area contributed by atoms with Gasteiger partial charge in [-0.1, -0.05) is 6.07 Å². The molecule has 3 aromatic rings. The van der Waals surface area contributed by atoms with E-state index in [0.717, 1.165) is 12.6 Å². The summed E-state index contributed by atoms with van der Waals surface area (Å²) in [5.74, 6) is -0.243. The van der Waals surface area contributed by atoms with E-state index in [1.54, 1.807) is 4.68 Å². The fourth-order valence-electron chi connectivity index (χ4n) is 4.58. The van der Waals surface area contributed by atoms with Crippen LogP contribution in [0.15, 0.2) is 24.4 Å². The van der Waals surface area contributed by atoms with E-state index in [1.165, 1.54) is 44.0 Å². The lowest BCUT2D eigenvalue weighted by Gasteiger charge is -2.36. The number of nitrogens with two attached hydrogens (primary N) is 1. The molecule has 2 heterocycles. The van der Waals surface area contributed by atoms with E-state index in [2.05, 4.69) is 25.1 Å². The van der Waals surface area contributed by atoms with Gasteiger partial charge < -0.3 is 20.9 Å². The molecule has 1 aromatic carbocycles. The molecule has 0 radical (unpaired) electrons. The summed E-state index contributed by atoms with van der Waals surface area (Å²) < 4.78 is 32.0. The molecule has 2 fully saturated rings.